The number of anilines is 1. The van der Waals surface area contributed by atoms with E-state index in [9.17, 15) is 26.4 Å². The van der Waals surface area contributed by atoms with Crippen LogP contribution in [0.15, 0.2) is 71.6 Å². The fourth-order valence-electron chi connectivity index (χ4n) is 3.33. The minimum atomic E-state index is -4.74. The first-order chi connectivity index (χ1) is 16.9. The molecule has 0 bridgehead atoms. The molecule has 0 aromatic heterocycles. The number of carbonyl (C=O) groups is 1. The van der Waals surface area contributed by atoms with E-state index in [1.54, 1.807) is 30.3 Å². The van der Waals surface area contributed by atoms with Gasteiger partial charge in [0.2, 0.25) is 15.9 Å². The van der Waals surface area contributed by atoms with Gasteiger partial charge in [-0.2, -0.15) is 17.9 Å². The molecular weight excluding hydrogens is 521 g/mol. The number of alkyl halides is 3. The summed E-state index contributed by atoms with van der Waals surface area (Å²) in [5, 5.41) is 1.82. The van der Waals surface area contributed by atoms with Crippen LogP contribution < -0.4 is 19.5 Å². The maximum Gasteiger partial charge on any atom is 0.417 e. The average Bonchev–Trinajstić information content (AvgIpc) is 2.84. The number of carbonyl (C=O) groups excluding carboxylic acids is 1. The summed E-state index contributed by atoms with van der Waals surface area (Å²) in [6.45, 7) is 0. The molecule has 3 aromatic carbocycles. The van der Waals surface area contributed by atoms with Crippen molar-refractivity contribution in [1.82, 2.24) is 4.72 Å². The predicted octanol–water partition coefficient (Wildman–Crippen LogP) is 4.90. The maximum atomic E-state index is 13.2. The van der Waals surface area contributed by atoms with Crippen LogP contribution in [0.5, 0.6) is 11.5 Å². The van der Waals surface area contributed by atoms with Crippen molar-refractivity contribution in [2.24, 2.45) is 0 Å². The van der Waals surface area contributed by atoms with Gasteiger partial charge in [0.05, 0.1) is 29.7 Å². The Morgan fingerprint density at radius 1 is 0.972 bits per heavy atom. The first-order valence-electron chi connectivity index (χ1n) is 10.4. The highest BCUT2D eigenvalue weighted by Gasteiger charge is 2.34. The molecule has 0 saturated heterocycles. The van der Waals surface area contributed by atoms with Crippen molar-refractivity contribution in [1.29, 1.82) is 0 Å². The fraction of sp³-hybridized carbons (Fsp3) is 0.208. The van der Waals surface area contributed by atoms with Crippen LogP contribution in [0, 0.1) is 0 Å². The van der Waals surface area contributed by atoms with Gasteiger partial charge in [0, 0.05) is 11.8 Å². The summed E-state index contributed by atoms with van der Waals surface area (Å²) in [6.07, 6.45) is -4.81. The first-order valence-corrected chi connectivity index (χ1v) is 12.3. The van der Waals surface area contributed by atoms with Gasteiger partial charge in [0.25, 0.3) is 0 Å². The summed E-state index contributed by atoms with van der Waals surface area (Å²) in [5.74, 6) is -0.401. The standard InChI is InChI=1S/C24H22ClF3N2O5S/c1-34-21-11-9-17(14-22(21)35-2)36(32,33)30-20(12-15-6-4-3-5-7-15)23(31)29-16-8-10-19(25)18(13-16)24(26,27)28/h3-11,13-14,20,30H,12H2,1-2H3,(H,29,31)/t20-/m1/s1. The van der Waals surface area contributed by atoms with Gasteiger partial charge in [0.15, 0.2) is 11.5 Å². The van der Waals surface area contributed by atoms with Gasteiger partial charge in [-0.1, -0.05) is 41.9 Å². The molecule has 0 spiro atoms. The largest absolute Gasteiger partial charge is 0.493 e. The lowest BCUT2D eigenvalue weighted by Gasteiger charge is -2.20. The number of rotatable bonds is 9. The predicted molar refractivity (Wildman–Crippen MR) is 129 cm³/mol. The molecule has 192 valence electrons. The van der Waals surface area contributed by atoms with Gasteiger partial charge in [-0.15, -0.1) is 0 Å². The van der Waals surface area contributed by atoms with Gasteiger partial charge in [-0.25, -0.2) is 8.42 Å². The Hall–Kier alpha value is -3.28. The second kappa shape index (κ2) is 11.2. The lowest BCUT2D eigenvalue weighted by molar-refractivity contribution is -0.137. The van der Waals surface area contributed by atoms with E-state index in [-0.39, 0.29) is 22.8 Å². The third-order valence-electron chi connectivity index (χ3n) is 5.10. The van der Waals surface area contributed by atoms with Gasteiger partial charge in [-0.05, 0) is 42.3 Å². The van der Waals surface area contributed by atoms with Gasteiger partial charge in [0.1, 0.15) is 6.04 Å². The minimum absolute atomic E-state index is 0.0705. The van der Waals surface area contributed by atoms with E-state index >= 15 is 0 Å². The zero-order chi connectivity index (χ0) is 26.5. The molecule has 3 rings (SSSR count). The van der Waals surface area contributed by atoms with Crippen LogP contribution in [0.2, 0.25) is 5.02 Å². The smallest absolute Gasteiger partial charge is 0.417 e. The molecule has 3 aromatic rings. The van der Waals surface area contributed by atoms with E-state index in [2.05, 4.69) is 10.0 Å². The highest BCUT2D eigenvalue weighted by Crippen LogP contribution is 2.36. The van der Waals surface area contributed by atoms with Crippen molar-refractivity contribution >= 4 is 33.2 Å². The zero-order valence-corrected chi connectivity index (χ0v) is 20.7. The highest BCUT2D eigenvalue weighted by atomic mass is 35.5. The van der Waals surface area contributed by atoms with Crippen molar-refractivity contribution in [3.8, 4) is 11.5 Å². The molecule has 0 heterocycles. The summed E-state index contributed by atoms with van der Waals surface area (Å²) < 4.78 is 78.6. The van der Waals surface area contributed by atoms with E-state index in [0.29, 0.717) is 17.4 Å². The molecular formula is C24H22ClF3N2O5S. The van der Waals surface area contributed by atoms with E-state index < -0.39 is 38.7 Å². The molecule has 1 atom stereocenters. The molecule has 0 radical (unpaired) electrons. The maximum absolute atomic E-state index is 13.2. The number of hydrogen-bond donors (Lipinski definition) is 2. The van der Waals surface area contributed by atoms with E-state index in [1.807, 2.05) is 0 Å². The number of nitrogens with one attached hydrogen (secondary N) is 2. The minimum Gasteiger partial charge on any atom is -0.493 e. The molecule has 0 aliphatic rings. The summed E-state index contributed by atoms with van der Waals surface area (Å²) in [5.41, 5.74) is -0.702. The Balaban J connectivity index is 1.92. The van der Waals surface area contributed by atoms with Crippen LogP contribution in [-0.2, 0) is 27.4 Å². The average molecular weight is 543 g/mol. The lowest BCUT2D eigenvalue weighted by Crippen LogP contribution is -2.45. The summed E-state index contributed by atoms with van der Waals surface area (Å²) >= 11 is 5.65. The van der Waals surface area contributed by atoms with Crippen molar-refractivity contribution in [2.75, 3.05) is 19.5 Å². The van der Waals surface area contributed by atoms with Crippen LogP contribution in [0.3, 0.4) is 0 Å². The number of sulfonamides is 1. The highest BCUT2D eigenvalue weighted by molar-refractivity contribution is 7.89. The number of halogens is 4. The number of hydrogen-bond acceptors (Lipinski definition) is 5. The number of ether oxygens (including phenoxy) is 2. The van der Waals surface area contributed by atoms with E-state index in [1.165, 1.54) is 38.5 Å². The molecule has 12 heteroatoms. The molecule has 0 unspecified atom stereocenters. The molecule has 36 heavy (non-hydrogen) atoms. The lowest BCUT2D eigenvalue weighted by atomic mass is 10.1. The second-order valence-electron chi connectivity index (χ2n) is 7.56. The third kappa shape index (κ3) is 6.68. The molecule has 0 saturated carbocycles. The number of amides is 1. The Morgan fingerprint density at radius 3 is 2.25 bits per heavy atom. The third-order valence-corrected chi connectivity index (χ3v) is 6.90. The van der Waals surface area contributed by atoms with Crippen LogP contribution in [0.25, 0.3) is 0 Å². The Morgan fingerprint density at radius 2 is 1.64 bits per heavy atom. The number of methoxy groups -OCH3 is 2. The van der Waals surface area contributed by atoms with Gasteiger partial charge in [-0.3, -0.25) is 4.79 Å². The van der Waals surface area contributed by atoms with Crippen molar-refractivity contribution in [3.63, 3.8) is 0 Å². The summed E-state index contributed by atoms with van der Waals surface area (Å²) in [4.78, 5) is 12.9. The molecule has 2 N–H and O–H groups in total. The summed E-state index contributed by atoms with van der Waals surface area (Å²) in [6, 6.07) is 14.0. The fourth-order valence-corrected chi connectivity index (χ4v) is 4.76. The topological polar surface area (TPSA) is 93.7 Å². The van der Waals surface area contributed by atoms with E-state index in [0.717, 1.165) is 6.07 Å². The first kappa shape index (κ1) is 27.3. The quantitative estimate of drug-likeness (QED) is 0.401. The van der Waals surface area contributed by atoms with Crippen LogP contribution >= 0.6 is 11.6 Å². The molecule has 0 aliphatic carbocycles. The zero-order valence-electron chi connectivity index (χ0n) is 19.1. The molecule has 1 amide bonds. The molecule has 7 nitrogen and oxygen atoms in total. The van der Waals surface area contributed by atoms with Crippen LogP contribution in [-0.4, -0.2) is 34.6 Å². The van der Waals surface area contributed by atoms with Gasteiger partial charge >= 0.3 is 6.18 Å². The Labute approximate surface area is 211 Å². The van der Waals surface area contributed by atoms with Crippen molar-refractivity contribution < 1.29 is 35.9 Å². The van der Waals surface area contributed by atoms with Crippen LogP contribution in [0.1, 0.15) is 11.1 Å². The SMILES string of the molecule is COc1ccc(S(=O)(=O)N[C@H](Cc2ccccc2)C(=O)Nc2ccc(Cl)c(C(F)(F)F)c2)cc1OC. The van der Waals surface area contributed by atoms with E-state index in [4.69, 9.17) is 21.1 Å². The molecule has 0 fully saturated rings. The Bertz CT molecular complexity index is 1340. The van der Waals surface area contributed by atoms with Crippen LogP contribution in [0.4, 0.5) is 18.9 Å². The molecule has 0 aliphatic heterocycles. The number of benzene rings is 3. The Kier molecular flexibility index (Phi) is 8.49. The monoisotopic (exact) mass is 542 g/mol. The van der Waals surface area contributed by atoms with Crippen molar-refractivity contribution in [2.45, 2.75) is 23.5 Å². The van der Waals surface area contributed by atoms with Crippen molar-refractivity contribution in [3.05, 3.63) is 82.9 Å². The normalized spacial score (nSPS) is 12.6. The summed E-state index contributed by atoms with van der Waals surface area (Å²) in [7, 11) is -1.52. The van der Waals surface area contributed by atoms with Gasteiger partial charge < -0.3 is 14.8 Å². The second-order valence-corrected chi connectivity index (χ2v) is 9.68.